The van der Waals surface area contributed by atoms with Crippen molar-refractivity contribution >= 4 is 36.7 Å². The van der Waals surface area contributed by atoms with Gasteiger partial charge < -0.3 is 13.7 Å². The highest BCUT2D eigenvalue weighted by atomic mass is 35.5. The number of ketones is 1. The smallest absolute Gasteiger partial charge is 0.192 e. The van der Waals surface area contributed by atoms with Crippen LogP contribution in [0.3, 0.4) is 0 Å². The molecule has 2 aromatic heterocycles. The second-order valence-corrected chi connectivity index (χ2v) is 14.2. The Balaban J connectivity index is 1.96. The van der Waals surface area contributed by atoms with E-state index in [2.05, 4.69) is 50.8 Å². The van der Waals surface area contributed by atoms with Gasteiger partial charge in [0.15, 0.2) is 14.1 Å². The van der Waals surface area contributed by atoms with Crippen LogP contribution in [0.15, 0.2) is 12.5 Å². The Hall–Kier alpha value is -1.28. The summed E-state index contributed by atoms with van der Waals surface area (Å²) in [6.45, 7) is 14.9. The maximum absolute atomic E-state index is 12.1. The molecule has 0 amide bonds. The van der Waals surface area contributed by atoms with Crippen molar-refractivity contribution in [2.24, 2.45) is 0 Å². The highest BCUT2D eigenvalue weighted by Crippen LogP contribution is 2.42. The largest absolute Gasteiger partial charge is 0.411 e. The fraction of sp³-hybridized carbons (Fsp3) is 0.650. The van der Waals surface area contributed by atoms with Gasteiger partial charge in [0.05, 0.1) is 17.6 Å². The van der Waals surface area contributed by atoms with E-state index in [0.717, 1.165) is 6.42 Å². The third-order valence-corrected chi connectivity index (χ3v) is 10.9. The molecule has 3 rings (SSSR count). The Labute approximate surface area is 172 Å². The number of hydrogen-bond donors (Lipinski definition) is 0. The van der Waals surface area contributed by atoms with Gasteiger partial charge in [-0.25, -0.2) is 9.97 Å². The lowest BCUT2D eigenvalue weighted by molar-refractivity contribution is -0.0159. The first-order valence-electron chi connectivity index (χ1n) is 9.81. The van der Waals surface area contributed by atoms with Crippen LogP contribution in [0.1, 0.15) is 64.0 Å². The van der Waals surface area contributed by atoms with Crippen molar-refractivity contribution in [2.45, 2.75) is 84.0 Å². The number of nitrogens with zero attached hydrogens (tertiary/aromatic N) is 3. The summed E-state index contributed by atoms with van der Waals surface area (Å²) >= 11 is 6.27. The molecule has 154 valence electrons. The average Bonchev–Trinajstić information content (AvgIpc) is 3.15. The number of Topliss-reactive ketones (excluding diaryl/α,β-unsaturated/α-hetero) is 1. The molecule has 2 aromatic rings. The lowest BCUT2D eigenvalue weighted by atomic mass is 10.1. The Morgan fingerprint density at radius 3 is 2.64 bits per heavy atom. The molecule has 0 saturated carbocycles. The monoisotopic (exact) mass is 423 g/mol. The molecule has 0 N–H and O–H groups in total. The third-order valence-electron chi connectivity index (χ3n) is 6.09. The van der Waals surface area contributed by atoms with Crippen molar-refractivity contribution in [1.29, 1.82) is 0 Å². The summed E-state index contributed by atoms with van der Waals surface area (Å²) in [5, 5.41) is 1.00. The summed E-state index contributed by atoms with van der Waals surface area (Å²) in [4.78, 5) is 20.6. The predicted molar refractivity (Wildman–Crippen MR) is 113 cm³/mol. The van der Waals surface area contributed by atoms with Crippen molar-refractivity contribution in [3.05, 3.63) is 23.2 Å². The Morgan fingerprint density at radius 1 is 1.39 bits per heavy atom. The van der Waals surface area contributed by atoms with Gasteiger partial charge >= 0.3 is 0 Å². The Kier molecular flexibility index (Phi) is 5.75. The Bertz CT molecular complexity index is 891. The van der Waals surface area contributed by atoms with Crippen molar-refractivity contribution < 1.29 is 14.0 Å². The van der Waals surface area contributed by atoms with Crippen molar-refractivity contribution in [1.82, 2.24) is 14.5 Å². The first-order chi connectivity index (χ1) is 13.0. The molecule has 0 radical (unpaired) electrons. The van der Waals surface area contributed by atoms with Gasteiger partial charge in [0.2, 0.25) is 0 Å². The van der Waals surface area contributed by atoms with E-state index in [4.69, 9.17) is 20.8 Å². The van der Waals surface area contributed by atoms with E-state index in [1.54, 1.807) is 6.20 Å². The van der Waals surface area contributed by atoms with E-state index in [1.807, 2.05) is 4.57 Å². The molecular weight excluding hydrogens is 394 g/mol. The molecular formula is C20H30ClN3O3Si. The summed E-state index contributed by atoms with van der Waals surface area (Å²) in [6.07, 6.45) is 4.57. The fourth-order valence-corrected chi connectivity index (χ4v) is 5.04. The van der Waals surface area contributed by atoms with Crippen molar-refractivity contribution in [3.8, 4) is 0 Å². The molecule has 0 bridgehead atoms. The number of carbonyl (C=O) groups excluding carboxylic acids is 1. The zero-order valence-corrected chi connectivity index (χ0v) is 19.5. The van der Waals surface area contributed by atoms with Crippen LogP contribution in [0.5, 0.6) is 0 Å². The number of ether oxygens (including phenoxy) is 1. The summed E-state index contributed by atoms with van der Waals surface area (Å²) in [7, 11) is -1.92. The molecule has 0 aromatic carbocycles. The number of halogens is 1. The molecule has 0 spiro atoms. The minimum atomic E-state index is -1.92. The zero-order valence-electron chi connectivity index (χ0n) is 17.7. The van der Waals surface area contributed by atoms with Gasteiger partial charge in [0.1, 0.15) is 23.4 Å². The first-order valence-corrected chi connectivity index (χ1v) is 13.1. The Morgan fingerprint density at radius 2 is 2.07 bits per heavy atom. The zero-order chi connectivity index (χ0) is 20.9. The van der Waals surface area contributed by atoms with Gasteiger partial charge in [-0.15, -0.1) is 0 Å². The highest BCUT2D eigenvalue weighted by molar-refractivity contribution is 6.74. The van der Waals surface area contributed by atoms with E-state index < -0.39 is 8.32 Å². The van der Waals surface area contributed by atoms with E-state index in [1.165, 1.54) is 13.3 Å². The van der Waals surface area contributed by atoms with Crippen LogP contribution < -0.4 is 0 Å². The van der Waals surface area contributed by atoms with Crippen LogP contribution in [-0.4, -0.2) is 40.8 Å². The second-order valence-electron chi connectivity index (χ2n) is 9.06. The number of hydrogen-bond acceptors (Lipinski definition) is 5. The molecule has 0 aliphatic carbocycles. The van der Waals surface area contributed by atoms with Gasteiger partial charge in [0, 0.05) is 18.2 Å². The van der Waals surface area contributed by atoms with Gasteiger partial charge in [-0.3, -0.25) is 4.79 Å². The summed E-state index contributed by atoms with van der Waals surface area (Å²) in [5.41, 5.74) is 1.14. The number of aromatic nitrogens is 3. The molecule has 28 heavy (non-hydrogen) atoms. The topological polar surface area (TPSA) is 66.2 Å². The fourth-order valence-electron chi connectivity index (χ4n) is 3.45. The van der Waals surface area contributed by atoms with Gasteiger partial charge in [-0.2, -0.15) is 0 Å². The van der Waals surface area contributed by atoms with Crippen LogP contribution in [0.2, 0.25) is 23.3 Å². The third kappa shape index (κ3) is 3.77. The summed E-state index contributed by atoms with van der Waals surface area (Å²) in [6, 6.07) is 0. The van der Waals surface area contributed by atoms with Crippen LogP contribution in [0.25, 0.3) is 11.0 Å². The van der Waals surface area contributed by atoms with E-state index in [-0.39, 0.29) is 34.4 Å². The maximum Gasteiger partial charge on any atom is 0.192 e. The molecule has 1 aliphatic rings. The molecule has 8 heteroatoms. The lowest BCUT2D eigenvalue weighted by Crippen LogP contribution is -2.45. The van der Waals surface area contributed by atoms with Crippen LogP contribution >= 0.6 is 11.6 Å². The number of fused-ring (bicyclic) bond motifs is 1. The average molecular weight is 424 g/mol. The van der Waals surface area contributed by atoms with Gasteiger partial charge in [-0.1, -0.05) is 39.3 Å². The predicted octanol–water partition coefficient (Wildman–Crippen LogP) is 5.38. The summed E-state index contributed by atoms with van der Waals surface area (Å²) in [5.74, 6) is -0.0699. The minimum absolute atomic E-state index is 0.00895. The molecule has 3 atom stereocenters. The van der Waals surface area contributed by atoms with Crippen LogP contribution in [0.4, 0.5) is 0 Å². The van der Waals surface area contributed by atoms with Crippen molar-refractivity contribution in [3.63, 3.8) is 0 Å². The normalized spacial score (nSPS) is 23.5. The molecule has 3 heterocycles. The summed E-state index contributed by atoms with van der Waals surface area (Å²) < 4.78 is 15.0. The molecule has 6 nitrogen and oxygen atoms in total. The van der Waals surface area contributed by atoms with E-state index in [9.17, 15) is 4.79 Å². The number of rotatable bonds is 5. The number of carbonyl (C=O) groups is 1. The van der Waals surface area contributed by atoms with Crippen LogP contribution in [0, 0.1) is 0 Å². The highest BCUT2D eigenvalue weighted by Gasteiger charge is 2.44. The van der Waals surface area contributed by atoms with Crippen molar-refractivity contribution in [2.75, 3.05) is 0 Å². The molecule has 1 fully saturated rings. The van der Waals surface area contributed by atoms with Gasteiger partial charge in [-0.05, 0) is 31.5 Å². The molecule has 1 unspecified atom stereocenters. The minimum Gasteiger partial charge on any atom is -0.411 e. The maximum atomic E-state index is 12.1. The first kappa shape index (κ1) is 21.4. The van der Waals surface area contributed by atoms with E-state index in [0.29, 0.717) is 23.0 Å². The second kappa shape index (κ2) is 7.52. The molecule has 1 aliphatic heterocycles. The van der Waals surface area contributed by atoms with Crippen LogP contribution in [-0.2, 0) is 9.16 Å². The SMILES string of the molecule is CC[C@H]1O[C@@H](n2cc(C(C)=O)c3c(Cl)ncnc32)CC1O[Si](C)(C)C(C)(C)C. The van der Waals surface area contributed by atoms with E-state index >= 15 is 0 Å². The quantitative estimate of drug-likeness (QED) is 0.367. The van der Waals surface area contributed by atoms with Gasteiger partial charge in [0.25, 0.3) is 0 Å². The molecule has 1 saturated heterocycles. The lowest BCUT2D eigenvalue weighted by Gasteiger charge is -2.39. The standard InChI is InChI=1S/C20H30ClN3O3Si/c1-8-14-15(27-28(6,7)20(3,4)5)9-16(26-14)24-10-13(12(2)25)17-18(21)22-11-23-19(17)24/h10-11,14-16H,8-9H2,1-7H3/t14-,15?,16-/m1/s1.